The van der Waals surface area contributed by atoms with E-state index in [1.165, 1.54) is 7.11 Å². The first-order chi connectivity index (χ1) is 5.63. The van der Waals surface area contributed by atoms with Crippen molar-refractivity contribution in [3.8, 4) is 0 Å². The van der Waals surface area contributed by atoms with E-state index in [0.29, 0.717) is 0 Å². The summed E-state index contributed by atoms with van der Waals surface area (Å²) >= 11 is 1.55. The zero-order valence-corrected chi connectivity index (χ0v) is 8.20. The number of methoxy groups -OCH3 is 1. The van der Waals surface area contributed by atoms with Gasteiger partial charge in [0.15, 0.2) is 0 Å². The minimum Gasteiger partial charge on any atom is -0.469 e. The molecule has 0 aliphatic heterocycles. The number of esters is 1. The van der Waals surface area contributed by atoms with Gasteiger partial charge in [0, 0.05) is 4.88 Å². The quantitative estimate of drug-likeness (QED) is 0.655. The first-order valence-corrected chi connectivity index (χ1v) is 4.45. The highest BCUT2D eigenvalue weighted by molar-refractivity contribution is 7.11. The van der Waals surface area contributed by atoms with Gasteiger partial charge in [0.25, 0.3) is 0 Å². The van der Waals surface area contributed by atoms with Crippen LogP contribution in [-0.2, 0) is 16.0 Å². The van der Waals surface area contributed by atoms with Gasteiger partial charge in [-0.3, -0.25) is 4.79 Å². The summed E-state index contributed by atoms with van der Waals surface area (Å²) in [5.41, 5.74) is 0.999. The third kappa shape index (κ3) is 2.04. The van der Waals surface area contributed by atoms with E-state index in [1.54, 1.807) is 11.3 Å². The molecule has 1 aromatic heterocycles. The molecule has 1 aromatic rings. The van der Waals surface area contributed by atoms with Gasteiger partial charge in [-0.25, -0.2) is 4.98 Å². The summed E-state index contributed by atoms with van der Waals surface area (Å²) in [5, 5.41) is 0.830. The number of aromatic nitrogens is 1. The number of carbonyl (C=O) groups is 1. The number of ether oxygens (including phenoxy) is 1. The summed E-state index contributed by atoms with van der Waals surface area (Å²) in [7, 11) is 1.38. The Balaban J connectivity index is 2.70. The molecule has 0 unspecified atom stereocenters. The highest BCUT2D eigenvalue weighted by Gasteiger charge is 2.08. The highest BCUT2D eigenvalue weighted by atomic mass is 32.1. The van der Waals surface area contributed by atoms with Crippen LogP contribution in [-0.4, -0.2) is 18.1 Å². The van der Waals surface area contributed by atoms with Crippen molar-refractivity contribution in [2.75, 3.05) is 7.11 Å². The van der Waals surface area contributed by atoms with Crippen LogP contribution in [0.2, 0.25) is 0 Å². The van der Waals surface area contributed by atoms with Crippen molar-refractivity contribution in [1.82, 2.24) is 4.98 Å². The number of carbonyl (C=O) groups excluding carboxylic acids is 1. The van der Waals surface area contributed by atoms with E-state index < -0.39 is 0 Å². The molecule has 0 saturated heterocycles. The normalized spacial score (nSPS) is 9.92. The van der Waals surface area contributed by atoms with Crippen molar-refractivity contribution < 1.29 is 9.53 Å². The number of hydrogen-bond donors (Lipinski definition) is 0. The number of nitrogens with zero attached hydrogens (tertiary/aromatic N) is 1. The van der Waals surface area contributed by atoms with Gasteiger partial charge in [0.1, 0.15) is 5.01 Å². The van der Waals surface area contributed by atoms with Crippen LogP contribution in [0.4, 0.5) is 0 Å². The standard InChI is InChI=1S/C8H11NO2S/c1-5-6(2)12-7(9-5)4-8(10)11-3/h4H2,1-3H3. The minimum absolute atomic E-state index is 0.233. The fourth-order valence-corrected chi connectivity index (χ4v) is 1.73. The lowest BCUT2D eigenvalue weighted by Crippen LogP contribution is -2.03. The smallest absolute Gasteiger partial charge is 0.312 e. The molecule has 0 N–H and O–H groups in total. The third-order valence-electron chi connectivity index (χ3n) is 1.60. The van der Waals surface area contributed by atoms with Gasteiger partial charge in [-0.05, 0) is 13.8 Å². The van der Waals surface area contributed by atoms with Crippen molar-refractivity contribution in [1.29, 1.82) is 0 Å². The van der Waals surface area contributed by atoms with Gasteiger partial charge in [-0.2, -0.15) is 0 Å². The second kappa shape index (κ2) is 3.67. The highest BCUT2D eigenvalue weighted by Crippen LogP contribution is 2.16. The van der Waals surface area contributed by atoms with Gasteiger partial charge in [-0.1, -0.05) is 0 Å². The first kappa shape index (κ1) is 9.19. The second-order valence-corrected chi connectivity index (χ2v) is 3.79. The van der Waals surface area contributed by atoms with Gasteiger partial charge < -0.3 is 4.74 Å². The zero-order chi connectivity index (χ0) is 9.14. The fraction of sp³-hybridized carbons (Fsp3) is 0.500. The topological polar surface area (TPSA) is 39.2 Å². The Morgan fingerprint density at radius 1 is 1.58 bits per heavy atom. The number of hydrogen-bond acceptors (Lipinski definition) is 4. The van der Waals surface area contributed by atoms with Crippen molar-refractivity contribution >= 4 is 17.3 Å². The molecule has 0 aliphatic rings. The maximum absolute atomic E-state index is 10.8. The van der Waals surface area contributed by atoms with Crippen molar-refractivity contribution in [2.45, 2.75) is 20.3 Å². The lowest BCUT2D eigenvalue weighted by molar-refractivity contribution is -0.139. The average Bonchev–Trinajstić information content (AvgIpc) is 2.31. The predicted octanol–water partition coefficient (Wildman–Crippen LogP) is 1.48. The maximum atomic E-state index is 10.8. The van der Waals surface area contributed by atoms with Crippen LogP contribution in [0.3, 0.4) is 0 Å². The van der Waals surface area contributed by atoms with Crippen LogP contribution in [0.5, 0.6) is 0 Å². The van der Waals surface area contributed by atoms with Crippen LogP contribution >= 0.6 is 11.3 Å². The summed E-state index contributed by atoms with van der Waals surface area (Å²) in [4.78, 5) is 16.2. The number of aryl methyl sites for hydroxylation is 2. The Labute approximate surface area is 75.4 Å². The molecule has 1 rings (SSSR count). The number of rotatable bonds is 2. The van der Waals surface area contributed by atoms with Gasteiger partial charge in [-0.15, -0.1) is 11.3 Å². The van der Waals surface area contributed by atoms with E-state index in [9.17, 15) is 4.79 Å². The minimum atomic E-state index is -0.233. The van der Waals surface area contributed by atoms with E-state index in [-0.39, 0.29) is 12.4 Å². The largest absolute Gasteiger partial charge is 0.469 e. The Hall–Kier alpha value is -0.900. The van der Waals surface area contributed by atoms with E-state index in [0.717, 1.165) is 15.6 Å². The van der Waals surface area contributed by atoms with Gasteiger partial charge >= 0.3 is 5.97 Å². The maximum Gasteiger partial charge on any atom is 0.312 e. The Bertz CT molecular complexity index is 274. The molecular weight excluding hydrogens is 174 g/mol. The van der Waals surface area contributed by atoms with Crippen LogP contribution < -0.4 is 0 Å². The van der Waals surface area contributed by atoms with E-state index in [4.69, 9.17) is 0 Å². The molecule has 0 bridgehead atoms. The molecule has 0 atom stereocenters. The molecule has 0 spiro atoms. The Kier molecular flexibility index (Phi) is 2.81. The van der Waals surface area contributed by atoms with Crippen LogP contribution in [0, 0.1) is 13.8 Å². The van der Waals surface area contributed by atoms with Crippen molar-refractivity contribution in [2.24, 2.45) is 0 Å². The Morgan fingerprint density at radius 2 is 2.25 bits per heavy atom. The lowest BCUT2D eigenvalue weighted by Gasteiger charge is -1.92. The second-order valence-electron chi connectivity index (χ2n) is 2.50. The molecular formula is C8H11NO2S. The van der Waals surface area contributed by atoms with Crippen LogP contribution in [0.15, 0.2) is 0 Å². The van der Waals surface area contributed by atoms with Crippen LogP contribution in [0.1, 0.15) is 15.6 Å². The summed E-state index contributed by atoms with van der Waals surface area (Å²) in [6, 6.07) is 0. The SMILES string of the molecule is COC(=O)Cc1nc(C)c(C)s1. The molecule has 0 fully saturated rings. The van der Waals surface area contributed by atoms with Gasteiger partial charge in [0.05, 0.1) is 19.2 Å². The Morgan fingerprint density at radius 3 is 2.67 bits per heavy atom. The molecule has 66 valence electrons. The molecule has 1 heterocycles. The summed E-state index contributed by atoms with van der Waals surface area (Å²) in [6.07, 6.45) is 0.288. The third-order valence-corrected chi connectivity index (χ3v) is 2.67. The van der Waals surface area contributed by atoms with E-state index >= 15 is 0 Å². The molecule has 12 heavy (non-hydrogen) atoms. The number of thiazole rings is 1. The van der Waals surface area contributed by atoms with Crippen molar-refractivity contribution in [3.05, 3.63) is 15.6 Å². The average molecular weight is 185 g/mol. The monoisotopic (exact) mass is 185 g/mol. The fourth-order valence-electron chi connectivity index (χ4n) is 0.810. The van der Waals surface area contributed by atoms with E-state index in [2.05, 4.69) is 9.72 Å². The molecule has 4 heteroatoms. The molecule has 0 aliphatic carbocycles. The molecule has 0 saturated carbocycles. The molecule has 3 nitrogen and oxygen atoms in total. The van der Waals surface area contributed by atoms with Crippen LogP contribution in [0.25, 0.3) is 0 Å². The first-order valence-electron chi connectivity index (χ1n) is 3.63. The lowest BCUT2D eigenvalue weighted by atomic mass is 10.4. The molecule has 0 amide bonds. The van der Waals surface area contributed by atoms with Crippen molar-refractivity contribution in [3.63, 3.8) is 0 Å². The molecule has 0 aromatic carbocycles. The molecule has 0 radical (unpaired) electrons. The predicted molar refractivity (Wildman–Crippen MR) is 47.3 cm³/mol. The zero-order valence-electron chi connectivity index (χ0n) is 7.38. The summed E-state index contributed by atoms with van der Waals surface area (Å²) in [6.45, 7) is 3.93. The van der Waals surface area contributed by atoms with E-state index in [1.807, 2.05) is 13.8 Å². The summed E-state index contributed by atoms with van der Waals surface area (Å²) < 4.78 is 4.53. The van der Waals surface area contributed by atoms with Gasteiger partial charge in [0.2, 0.25) is 0 Å². The summed E-state index contributed by atoms with van der Waals surface area (Å²) in [5.74, 6) is -0.233.